The Morgan fingerprint density at radius 2 is 2.00 bits per heavy atom. The summed E-state index contributed by atoms with van der Waals surface area (Å²) in [5, 5.41) is 3.26. The second-order valence-corrected chi connectivity index (χ2v) is 5.82. The molecule has 2 rings (SSSR count). The highest BCUT2D eigenvalue weighted by molar-refractivity contribution is 14.1. The van der Waals surface area contributed by atoms with Crippen molar-refractivity contribution in [1.82, 2.24) is 14.9 Å². The molecule has 0 unspecified atom stereocenters. The molecule has 1 heterocycles. The topological polar surface area (TPSA) is 41.0 Å². The van der Waals surface area contributed by atoms with Crippen molar-refractivity contribution in [2.45, 2.75) is 31.7 Å². The molecule has 1 aromatic rings. The summed E-state index contributed by atoms with van der Waals surface area (Å²) in [6, 6.07) is 0.787. The van der Waals surface area contributed by atoms with E-state index in [4.69, 9.17) is 0 Å². The fourth-order valence-electron chi connectivity index (χ4n) is 2.28. The molecule has 0 aliphatic heterocycles. The summed E-state index contributed by atoms with van der Waals surface area (Å²) in [6.45, 7) is 1.97. The number of likely N-dealkylation sites (N-methyl/N-ethyl adjacent to an activating group) is 1. The summed E-state index contributed by atoms with van der Waals surface area (Å²) in [4.78, 5) is 10.9. The normalized spacial score (nSPS) is 16.6. The van der Waals surface area contributed by atoms with Gasteiger partial charge in [0.25, 0.3) is 0 Å². The molecule has 94 valence electrons. The predicted octanol–water partition coefficient (Wildman–Crippen LogP) is 2.37. The molecular weight excluding hydrogens is 327 g/mol. The van der Waals surface area contributed by atoms with Gasteiger partial charge in [0.05, 0.1) is 0 Å². The molecule has 1 aliphatic carbocycles. The number of nitrogens with zero attached hydrogens (tertiary/aromatic N) is 3. The maximum absolute atomic E-state index is 4.22. The largest absolute Gasteiger partial charge is 0.353 e. The fraction of sp³-hybridized carbons (Fsp3) is 0.667. The van der Waals surface area contributed by atoms with E-state index in [1.54, 1.807) is 0 Å². The number of aromatic nitrogens is 2. The van der Waals surface area contributed by atoms with Crippen LogP contribution in [-0.2, 0) is 0 Å². The number of anilines is 1. The minimum atomic E-state index is 0.727. The van der Waals surface area contributed by atoms with Gasteiger partial charge in [0, 0.05) is 35.1 Å². The molecular formula is C12H19IN4. The van der Waals surface area contributed by atoms with Crippen LogP contribution in [0.4, 0.5) is 5.95 Å². The van der Waals surface area contributed by atoms with Crippen molar-refractivity contribution in [3.05, 3.63) is 16.0 Å². The van der Waals surface area contributed by atoms with E-state index in [1.165, 1.54) is 25.7 Å². The van der Waals surface area contributed by atoms with Gasteiger partial charge < -0.3 is 10.2 Å². The molecule has 1 fully saturated rings. The van der Waals surface area contributed by atoms with Gasteiger partial charge in [0.1, 0.15) is 0 Å². The van der Waals surface area contributed by atoms with Crippen LogP contribution in [0.1, 0.15) is 25.7 Å². The van der Waals surface area contributed by atoms with Crippen LogP contribution >= 0.6 is 22.6 Å². The van der Waals surface area contributed by atoms with Crippen LogP contribution in [0.25, 0.3) is 0 Å². The minimum absolute atomic E-state index is 0.727. The van der Waals surface area contributed by atoms with E-state index in [-0.39, 0.29) is 0 Å². The molecule has 1 aliphatic rings. The maximum Gasteiger partial charge on any atom is 0.222 e. The first-order valence-corrected chi connectivity index (χ1v) is 7.25. The summed E-state index contributed by atoms with van der Waals surface area (Å²) in [5.41, 5.74) is 0. The molecule has 4 nitrogen and oxygen atoms in total. The fourth-order valence-corrected chi connectivity index (χ4v) is 2.55. The van der Waals surface area contributed by atoms with E-state index >= 15 is 0 Å². The van der Waals surface area contributed by atoms with Gasteiger partial charge in [-0.05, 0) is 42.5 Å². The highest BCUT2D eigenvalue weighted by atomic mass is 127. The summed E-state index contributed by atoms with van der Waals surface area (Å²) < 4.78 is 1.07. The van der Waals surface area contributed by atoms with E-state index in [2.05, 4.69) is 49.8 Å². The molecule has 0 aromatic carbocycles. The van der Waals surface area contributed by atoms with Crippen molar-refractivity contribution in [2.24, 2.45) is 0 Å². The Labute approximate surface area is 116 Å². The summed E-state index contributed by atoms with van der Waals surface area (Å²) >= 11 is 2.21. The van der Waals surface area contributed by atoms with Crippen molar-refractivity contribution < 1.29 is 0 Å². The van der Waals surface area contributed by atoms with Gasteiger partial charge >= 0.3 is 0 Å². The first-order valence-electron chi connectivity index (χ1n) is 6.17. The van der Waals surface area contributed by atoms with Gasteiger partial charge in [0.15, 0.2) is 0 Å². The molecule has 17 heavy (non-hydrogen) atoms. The van der Waals surface area contributed by atoms with E-state index < -0.39 is 0 Å². The molecule has 1 aromatic heterocycles. The van der Waals surface area contributed by atoms with Crippen molar-refractivity contribution >= 4 is 28.5 Å². The van der Waals surface area contributed by atoms with Gasteiger partial charge in [-0.3, -0.25) is 0 Å². The second-order valence-electron chi connectivity index (χ2n) is 4.57. The van der Waals surface area contributed by atoms with Gasteiger partial charge in [-0.1, -0.05) is 12.8 Å². The molecule has 0 saturated heterocycles. The molecule has 0 atom stereocenters. The first-order chi connectivity index (χ1) is 8.25. The van der Waals surface area contributed by atoms with Crippen LogP contribution in [0.15, 0.2) is 12.4 Å². The molecule has 1 saturated carbocycles. The van der Waals surface area contributed by atoms with Crippen LogP contribution in [0.5, 0.6) is 0 Å². The predicted molar refractivity (Wildman–Crippen MR) is 78.1 cm³/mol. The number of nitrogens with one attached hydrogen (secondary N) is 1. The standard InChI is InChI=1S/C12H19IN4/c1-17(11-4-2-3-5-11)7-6-14-12-15-8-10(13)9-16-12/h8-9,11H,2-7H2,1H3,(H,14,15,16). The van der Waals surface area contributed by atoms with Crippen LogP contribution in [0.2, 0.25) is 0 Å². The van der Waals surface area contributed by atoms with Crippen molar-refractivity contribution in [2.75, 3.05) is 25.5 Å². The maximum atomic E-state index is 4.22. The lowest BCUT2D eigenvalue weighted by atomic mass is 10.2. The van der Waals surface area contributed by atoms with Crippen molar-refractivity contribution in [1.29, 1.82) is 0 Å². The van der Waals surface area contributed by atoms with Crippen LogP contribution in [-0.4, -0.2) is 41.0 Å². The number of halogens is 1. The van der Waals surface area contributed by atoms with E-state index in [1.807, 2.05) is 12.4 Å². The van der Waals surface area contributed by atoms with Gasteiger partial charge in [0.2, 0.25) is 5.95 Å². The molecule has 0 bridgehead atoms. The average molecular weight is 346 g/mol. The lowest BCUT2D eigenvalue weighted by molar-refractivity contribution is 0.254. The Balaban J connectivity index is 1.70. The number of rotatable bonds is 5. The lowest BCUT2D eigenvalue weighted by Gasteiger charge is -2.23. The van der Waals surface area contributed by atoms with Crippen molar-refractivity contribution in [3.8, 4) is 0 Å². The second kappa shape index (κ2) is 6.49. The number of hydrogen-bond acceptors (Lipinski definition) is 4. The Hall–Kier alpha value is -0.430. The smallest absolute Gasteiger partial charge is 0.222 e. The van der Waals surface area contributed by atoms with E-state index in [9.17, 15) is 0 Å². The molecule has 5 heteroatoms. The molecule has 0 radical (unpaired) electrons. The monoisotopic (exact) mass is 346 g/mol. The minimum Gasteiger partial charge on any atom is -0.353 e. The highest BCUT2D eigenvalue weighted by Gasteiger charge is 2.18. The Kier molecular flexibility index (Phi) is 4.97. The highest BCUT2D eigenvalue weighted by Crippen LogP contribution is 2.21. The van der Waals surface area contributed by atoms with Crippen molar-refractivity contribution in [3.63, 3.8) is 0 Å². The Bertz CT molecular complexity index is 335. The summed E-state index contributed by atoms with van der Waals surface area (Å²) in [7, 11) is 2.21. The third-order valence-corrected chi connectivity index (χ3v) is 3.87. The zero-order valence-electron chi connectivity index (χ0n) is 10.2. The third-order valence-electron chi connectivity index (χ3n) is 3.32. The lowest BCUT2D eigenvalue weighted by Crippen LogP contribution is -2.33. The Morgan fingerprint density at radius 1 is 1.35 bits per heavy atom. The van der Waals surface area contributed by atoms with Gasteiger partial charge in [-0.2, -0.15) is 0 Å². The first kappa shape index (κ1) is 13.0. The van der Waals surface area contributed by atoms with E-state index in [0.29, 0.717) is 0 Å². The SMILES string of the molecule is CN(CCNc1ncc(I)cn1)C1CCCC1. The summed E-state index contributed by atoms with van der Waals surface area (Å²) in [5.74, 6) is 0.727. The van der Waals surface area contributed by atoms with Crippen LogP contribution in [0.3, 0.4) is 0 Å². The average Bonchev–Trinajstić information content (AvgIpc) is 2.85. The number of hydrogen-bond donors (Lipinski definition) is 1. The quantitative estimate of drug-likeness (QED) is 0.832. The van der Waals surface area contributed by atoms with Crippen LogP contribution in [0, 0.1) is 3.57 Å². The summed E-state index contributed by atoms with van der Waals surface area (Å²) in [6.07, 6.45) is 9.16. The van der Waals surface area contributed by atoms with Gasteiger partial charge in [-0.15, -0.1) is 0 Å². The van der Waals surface area contributed by atoms with Crippen LogP contribution < -0.4 is 5.32 Å². The zero-order chi connectivity index (χ0) is 12.1. The van der Waals surface area contributed by atoms with E-state index in [0.717, 1.165) is 28.6 Å². The molecule has 1 N–H and O–H groups in total. The molecule has 0 amide bonds. The van der Waals surface area contributed by atoms with Gasteiger partial charge in [-0.25, -0.2) is 9.97 Å². The molecule has 0 spiro atoms. The third kappa shape index (κ3) is 4.06. The Morgan fingerprint density at radius 3 is 2.65 bits per heavy atom. The zero-order valence-corrected chi connectivity index (χ0v) is 12.4.